The highest BCUT2D eigenvalue weighted by atomic mass is 16.2. The highest BCUT2D eigenvalue weighted by molar-refractivity contribution is 5.89. The van der Waals surface area contributed by atoms with Gasteiger partial charge in [-0.05, 0) is 19.8 Å². The molecule has 0 saturated heterocycles. The fourth-order valence-electron chi connectivity index (χ4n) is 1.69. The van der Waals surface area contributed by atoms with E-state index in [1.807, 2.05) is 6.92 Å². The van der Waals surface area contributed by atoms with E-state index in [1.165, 1.54) is 19.3 Å². The van der Waals surface area contributed by atoms with E-state index in [4.69, 9.17) is 0 Å². The number of nitrogens with zero attached hydrogens (tertiary/aromatic N) is 2. The summed E-state index contributed by atoms with van der Waals surface area (Å²) in [6.45, 7) is 2.78. The summed E-state index contributed by atoms with van der Waals surface area (Å²) in [4.78, 5) is 17.7. The van der Waals surface area contributed by atoms with Gasteiger partial charge in [-0.25, -0.2) is 0 Å². The van der Waals surface area contributed by atoms with Gasteiger partial charge in [0.1, 0.15) is 6.04 Å². The summed E-state index contributed by atoms with van der Waals surface area (Å²) in [6.07, 6.45) is 4.56. The van der Waals surface area contributed by atoms with Crippen LogP contribution in [0, 0.1) is 0 Å². The molecule has 0 fully saturated rings. The molecule has 1 unspecified atom stereocenters. The number of carbonyl (C=O) groups excluding carboxylic acids is 1. The number of amides is 1. The number of aliphatic imine (C=N–C) groups is 1. The van der Waals surface area contributed by atoms with Crippen LogP contribution in [0.5, 0.6) is 0 Å². The average Bonchev–Trinajstić information content (AvgIpc) is 2.45. The summed E-state index contributed by atoms with van der Waals surface area (Å²) in [5, 5.41) is 3.20. The molecule has 0 radical (unpaired) electrons. The van der Waals surface area contributed by atoms with Gasteiger partial charge >= 0.3 is 0 Å². The van der Waals surface area contributed by atoms with Crippen molar-refractivity contribution in [1.82, 2.24) is 10.2 Å². The van der Waals surface area contributed by atoms with Crippen LogP contribution in [-0.4, -0.2) is 43.3 Å². The molecule has 1 heterocycles. The Hall–Kier alpha value is -1.06. The predicted molar refractivity (Wildman–Crippen MR) is 62.1 cm³/mol. The zero-order chi connectivity index (χ0) is 11.3. The van der Waals surface area contributed by atoms with Gasteiger partial charge in [-0.1, -0.05) is 6.42 Å². The van der Waals surface area contributed by atoms with Crippen molar-refractivity contribution in [3.63, 3.8) is 0 Å². The Labute approximate surface area is 91.7 Å². The fraction of sp³-hybridized carbons (Fsp3) is 0.818. The number of amidine groups is 1. The summed E-state index contributed by atoms with van der Waals surface area (Å²) < 4.78 is 0. The second-order valence-electron chi connectivity index (χ2n) is 4.24. The first-order valence-electron chi connectivity index (χ1n) is 5.62. The van der Waals surface area contributed by atoms with Gasteiger partial charge in [0.2, 0.25) is 5.91 Å². The van der Waals surface area contributed by atoms with Gasteiger partial charge in [-0.15, -0.1) is 0 Å². The van der Waals surface area contributed by atoms with Gasteiger partial charge in [0.15, 0.2) is 0 Å². The van der Waals surface area contributed by atoms with Crippen LogP contribution in [0.25, 0.3) is 0 Å². The van der Waals surface area contributed by atoms with Gasteiger partial charge in [0, 0.05) is 27.1 Å². The Balaban J connectivity index is 2.45. The maximum Gasteiger partial charge on any atom is 0.244 e. The van der Waals surface area contributed by atoms with Crippen molar-refractivity contribution in [3.05, 3.63) is 0 Å². The molecular formula is C11H21N3O. The van der Waals surface area contributed by atoms with E-state index in [1.54, 1.807) is 19.0 Å². The number of hydrogen-bond donors (Lipinski definition) is 1. The van der Waals surface area contributed by atoms with Crippen LogP contribution in [0.4, 0.5) is 0 Å². The van der Waals surface area contributed by atoms with E-state index in [0.29, 0.717) is 0 Å². The molecule has 1 atom stereocenters. The van der Waals surface area contributed by atoms with E-state index >= 15 is 0 Å². The lowest BCUT2D eigenvalue weighted by Crippen LogP contribution is -2.44. The number of likely N-dealkylation sites (N-methyl/N-ethyl adjacent to an activating group) is 1. The first kappa shape index (κ1) is 12.0. The molecule has 0 aliphatic carbocycles. The molecule has 0 aromatic rings. The standard InChI is InChI=1S/C11H21N3O/c1-9(11(15)14(2)3)13-10-7-5-4-6-8-12-10/h9H,4-8H2,1-3H3,(H,12,13). The number of rotatable bonds is 2. The third-order valence-corrected chi connectivity index (χ3v) is 2.57. The molecule has 0 bridgehead atoms. The van der Waals surface area contributed by atoms with Crippen molar-refractivity contribution in [2.45, 2.75) is 38.6 Å². The molecular weight excluding hydrogens is 190 g/mol. The largest absolute Gasteiger partial charge is 0.362 e. The minimum atomic E-state index is -0.170. The molecule has 4 nitrogen and oxygen atoms in total. The highest BCUT2D eigenvalue weighted by Gasteiger charge is 2.16. The summed E-state index contributed by atoms with van der Waals surface area (Å²) in [5.74, 6) is 1.09. The van der Waals surface area contributed by atoms with Crippen molar-refractivity contribution in [2.24, 2.45) is 4.99 Å². The normalized spacial score (nSPS) is 18.7. The molecule has 4 heteroatoms. The van der Waals surface area contributed by atoms with Crippen LogP contribution in [0.15, 0.2) is 4.99 Å². The molecule has 1 N–H and O–H groups in total. The lowest BCUT2D eigenvalue weighted by Gasteiger charge is -2.19. The van der Waals surface area contributed by atoms with Gasteiger partial charge in [0.25, 0.3) is 0 Å². The summed E-state index contributed by atoms with van der Waals surface area (Å²) in [7, 11) is 3.55. The summed E-state index contributed by atoms with van der Waals surface area (Å²) >= 11 is 0. The molecule has 1 aliphatic rings. The quantitative estimate of drug-likeness (QED) is 0.741. The molecule has 86 valence electrons. The van der Waals surface area contributed by atoms with E-state index in [9.17, 15) is 4.79 Å². The van der Waals surface area contributed by atoms with E-state index < -0.39 is 0 Å². The summed E-state index contributed by atoms with van der Waals surface area (Å²) in [6, 6.07) is -0.170. The first-order valence-corrected chi connectivity index (χ1v) is 5.62. The molecule has 1 aliphatic heterocycles. The minimum Gasteiger partial charge on any atom is -0.362 e. The van der Waals surface area contributed by atoms with Crippen LogP contribution in [0.2, 0.25) is 0 Å². The molecule has 1 rings (SSSR count). The van der Waals surface area contributed by atoms with Crippen LogP contribution < -0.4 is 5.32 Å². The van der Waals surface area contributed by atoms with Crippen LogP contribution in [0.1, 0.15) is 32.6 Å². The second-order valence-corrected chi connectivity index (χ2v) is 4.24. The highest BCUT2D eigenvalue weighted by Crippen LogP contribution is 2.06. The molecule has 1 amide bonds. The Morgan fingerprint density at radius 3 is 2.80 bits per heavy atom. The van der Waals surface area contributed by atoms with Crippen molar-refractivity contribution in [2.75, 3.05) is 20.6 Å². The van der Waals surface area contributed by atoms with Gasteiger partial charge in [-0.2, -0.15) is 0 Å². The maximum absolute atomic E-state index is 11.6. The lowest BCUT2D eigenvalue weighted by atomic mass is 10.2. The smallest absolute Gasteiger partial charge is 0.244 e. The second kappa shape index (κ2) is 5.73. The van der Waals surface area contributed by atoms with Crippen molar-refractivity contribution in [1.29, 1.82) is 0 Å². The van der Waals surface area contributed by atoms with Gasteiger partial charge in [0.05, 0.1) is 5.84 Å². The monoisotopic (exact) mass is 211 g/mol. The average molecular weight is 211 g/mol. The predicted octanol–water partition coefficient (Wildman–Crippen LogP) is 1.03. The van der Waals surface area contributed by atoms with Gasteiger partial charge in [-0.3, -0.25) is 9.79 Å². The third kappa shape index (κ3) is 3.90. The Morgan fingerprint density at radius 2 is 2.13 bits per heavy atom. The molecule has 0 spiro atoms. The van der Waals surface area contributed by atoms with Crippen molar-refractivity contribution >= 4 is 11.7 Å². The Bertz CT molecular complexity index is 248. The van der Waals surface area contributed by atoms with Crippen LogP contribution in [0.3, 0.4) is 0 Å². The summed E-state index contributed by atoms with van der Waals surface area (Å²) in [5.41, 5.74) is 0. The van der Waals surface area contributed by atoms with Gasteiger partial charge < -0.3 is 10.2 Å². The lowest BCUT2D eigenvalue weighted by molar-refractivity contribution is -0.130. The van der Waals surface area contributed by atoms with Crippen molar-refractivity contribution in [3.8, 4) is 0 Å². The number of nitrogens with one attached hydrogen (secondary N) is 1. The zero-order valence-corrected chi connectivity index (χ0v) is 9.92. The van der Waals surface area contributed by atoms with E-state index in [2.05, 4.69) is 10.3 Å². The van der Waals surface area contributed by atoms with Crippen LogP contribution >= 0.6 is 0 Å². The number of carbonyl (C=O) groups is 1. The maximum atomic E-state index is 11.6. The molecule has 0 aromatic carbocycles. The third-order valence-electron chi connectivity index (χ3n) is 2.57. The van der Waals surface area contributed by atoms with Crippen molar-refractivity contribution < 1.29 is 4.79 Å². The molecule has 0 saturated carbocycles. The zero-order valence-electron chi connectivity index (χ0n) is 9.92. The molecule has 15 heavy (non-hydrogen) atoms. The first-order chi connectivity index (χ1) is 7.11. The van der Waals surface area contributed by atoms with Crippen LogP contribution in [-0.2, 0) is 4.79 Å². The Morgan fingerprint density at radius 1 is 1.40 bits per heavy atom. The minimum absolute atomic E-state index is 0.0990. The fourth-order valence-corrected chi connectivity index (χ4v) is 1.69. The Kier molecular flexibility index (Phi) is 4.59. The van der Waals surface area contributed by atoms with E-state index in [0.717, 1.165) is 18.8 Å². The molecule has 0 aromatic heterocycles. The SMILES string of the molecule is CC(NC1=NCCCCC1)C(=O)N(C)C. The number of hydrogen-bond acceptors (Lipinski definition) is 3. The van der Waals surface area contributed by atoms with E-state index in [-0.39, 0.29) is 11.9 Å². The topological polar surface area (TPSA) is 44.7 Å².